The number of aliphatic hydroxyl groups excluding tert-OH is 1. The molecule has 14 heavy (non-hydrogen) atoms. The highest BCUT2D eigenvalue weighted by Crippen LogP contribution is 2.25. The van der Waals surface area contributed by atoms with E-state index in [0.29, 0.717) is 18.4 Å². The molecule has 3 atom stereocenters. The Bertz CT molecular complexity index is 131. The van der Waals surface area contributed by atoms with E-state index < -0.39 is 0 Å². The number of rotatable bonds is 7. The van der Waals surface area contributed by atoms with Gasteiger partial charge in [-0.3, -0.25) is 0 Å². The highest BCUT2D eigenvalue weighted by atomic mass is 16.3. The molecule has 86 valence electrons. The summed E-state index contributed by atoms with van der Waals surface area (Å²) in [6.45, 7) is 11.7. The second kappa shape index (κ2) is 7.28. The van der Waals surface area contributed by atoms with Crippen molar-refractivity contribution in [1.29, 1.82) is 0 Å². The van der Waals surface area contributed by atoms with Gasteiger partial charge in [0, 0.05) is 6.61 Å². The minimum Gasteiger partial charge on any atom is -0.396 e. The van der Waals surface area contributed by atoms with Crippen LogP contribution in [0.1, 0.15) is 53.9 Å². The van der Waals surface area contributed by atoms with Crippen molar-refractivity contribution in [2.75, 3.05) is 6.61 Å². The van der Waals surface area contributed by atoms with Crippen molar-refractivity contribution in [3.8, 4) is 0 Å². The van der Waals surface area contributed by atoms with Gasteiger partial charge in [-0.05, 0) is 30.1 Å². The smallest absolute Gasteiger partial charge is 0.0459 e. The van der Waals surface area contributed by atoms with Gasteiger partial charge in [0.05, 0.1) is 0 Å². The van der Waals surface area contributed by atoms with Crippen LogP contribution in [0.3, 0.4) is 0 Å². The zero-order valence-electron chi connectivity index (χ0n) is 10.6. The highest BCUT2D eigenvalue weighted by Gasteiger charge is 2.16. The van der Waals surface area contributed by atoms with Gasteiger partial charge in [0.25, 0.3) is 0 Å². The summed E-state index contributed by atoms with van der Waals surface area (Å²) in [7, 11) is 0. The normalized spacial score (nSPS) is 18.2. The van der Waals surface area contributed by atoms with E-state index in [0.717, 1.165) is 11.8 Å². The van der Waals surface area contributed by atoms with Crippen molar-refractivity contribution in [3.05, 3.63) is 0 Å². The predicted octanol–water partition coefficient (Wildman–Crippen LogP) is 3.71. The minimum absolute atomic E-state index is 0.342. The molecule has 0 saturated carbocycles. The first-order chi connectivity index (χ1) is 6.52. The molecule has 0 bridgehead atoms. The summed E-state index contributed by atoms with van der Waals surface area (Å²) in [5.74, 6) is 2.78. The fourth-order valence-corrected chi connectivity index (χ4v) is 1.85. The van der Waals surface area contributed by atoms with Crippen LogP contribution >= 0.6 is 0 Å². The monoisotopic (exact) mass is 200 g/mol. The molecule has 0 heterocycles. The fraction of sp³-hybridized carbons (Fsp3) is 1.00. The van der Waals surface area contributed by atoms with Crippen molar-refractivity contribution >= 4 is 0 Å². The fourth-order valence-electron chi connectivity index (χ4n) is 1.85. The first-order valence-corrected chi connectivity index (χ1v) is 6.13. The molecule has 0 rings (SSSR count). The van der Waals surface area contributed by atoms with Gasteiger partial charge < -0.3 is 5.11 Å². The molecule has 0 fully saturated rings. The van der Waals surface area contributed by atoms with Crippen LogP contribution in [0.25, 0.3) is 0 Å². The van der Waals surface area contributed by atoms with Crippen LogP contribution in [0, 0.1) is 23.7 Å². The summed E-state index contributed by atoms with van der Waals surface area (Å²) in [6, 6.07) is 0. The molecule has 0 aliphatic heterocycles. The van der Waals surface area contributed by atoms with Gasteiger partial charge in [-0.25, -0.2) is 0 Å². The van der Waals surface area contributed by atoms with E-state index in [1.807, 2.05) is 0 Å². The lowest BCUT2D eigenvalue weighted by atomic mass is 9.83. The van der Waals surface area contributed by atoms with Gasteiger partial charge in [0.15, 0.2) is 0 Å². The molecule has 0 spiro atoms. The van der Waals surface area contributed by atoms with Gasteiger partial charge in [-0.1, -0.05) is 47.5 Å². The number of aliphatic hydroxyl groups is 1. The Labute approximate surface area is 89.9 Å². The Morgan fingerprint density at radius 1 is 0.929 bits per heavy atom. The van der Waals surface area contributed by atoms with E-state index in [-0.39, 0.29) is 0 Å². The summed E-state index contributed by atoms with van der Waals surface area (Å²) in [5, 5.41) is 9.11. The molecular weight excluding hydrogens is 172 g/mol. The van der Waals surface area contributed by atoms with E-state index in [1.165, 1.54) is 19.3 Å². The SMILES string of the molecule is CCC(CCC(C)C(C)C)C(C)CO. The number of hydrogen-bond acceptors (Lipinski definition) is 1. The van der Waals surface area contributed by atoms with Gasteiger partial charge in [0.1, 0.15) is 0 Å². The van der Waals surface area contributed by atoms with Gasteiger partial charge in [0.2, 0.25) is 0 Å². The van der Waals surface area contributed by atoms with E-state index in [9.17, 15) is 0 Å². The molecule has 0 radical (unpaired) electrons. The topological polar surface area (TPSA) is 20.2 Å². The van der Waals surface area contributed by atoms with E-state index in [4.69, 9.17) is 5.11 Å². The molecule has 0 aromatic heterocycles. The van der Waals surface area contributed by atoms with Crippen LogP contribution in [0.15, 0.2) is 0 Å². The van der Waals surface area contributed by atoms with Crippen LogP contribution in [-0.2, 0) is 0 Å². The van der Waals surface area contributed by atoms with Crippen LogP contribution < -0.4 is 0 Å². The summed E-state index contributed by atoms with van der Waals surface area (Å²) < 4.78 is 0. The predicted molar refractivity (Wildman–Crippen MR) is 63.3 cm³/mol. The van der Waals surface area contributed by atoms with E-state index >= 15 is 0 Å². The molecule has 1 N–H and O–H groups in total. The van der Waals surface area contributed by atoms with Crippen LogP contribution in [0.4, 0.5) is 0 Å². The lowest BCUT2D eigenvalue weighted by Crippen LogP contribution is -2.16. The molecule has 0 aliphatic carbocycles. The van der Waals surface area contributed by atoms with Crippen LogP contribution in [0.5, 0.6) is 0 Å². The summed E-state index contributed by atoms with van der Waals surface area (Å²) >= 11 is 0. The molecular formula is C13H28O. The molecule has 1 nitrogen and oxygen atoms in total. The molecule has 0 aromatic carbocycles. The zero-order valence-corrected chi connectivity index (χ0v) is 10.6. The lowest BCUT2D eigenvalue weighted by Gasteiger charge is -2.23. The average Bonchev–Trinajstić information content (AvgIpc) is 2.17. The van der Waals surface area contributed by atoms with E-state index in [2.05, 4.69) is 34.6 Å². The maximum Gasteiger partial charge on any atom is 0.0459 e. The summed E-state index contributed by atoms with van der Waals surface area (Å²) in [4.78, 5) is 0. The maximum atomic E-state index is 9.11. The Balaban J connectivity index is 3.83. The molecule has 0 aromatic rings. The Kier molecular flexibility index (Phi) is 7.26. The third-order valence-corrected chi connectivity index (χ3v) is 3.75. The van der Waals surface area contributed by atoms with Crippen molar-refractivity contribution in [1.82, 2.24) is 0 Å². The molecule has 1 heteroatoms. The highest BCUT2D eigenvalue weighted by molar-refractivity contribution is 4.67. The Morgan fingerprint density at radius 3 is 1.86 bits per heavy atom. The van der Waals surface area contributed by atoms with Gasteiger partial charge >= 0.3 is 0 Å². The van der Waals surface area contributed by atoms with Crippen molar-refractivity contribution in [2.24, 2.45) is 23.7 Å². The summed E-state index contributed by atoms with van der Waals surface area (Å²) in [6.07, 6.45) is 3.78. The van der Waals surface area contributed by atoms with Crippen LogP contribution in [-0.4, -0.2) is 11.7 Å². The van der Waals surface area contributed by atoms with E-state index in [1.54, 1.807) is 0 Å². The average molecular weight is 200 g/mol. The van der Waals surface area contributed by atoms with Crippen molar-refractivity contribution in [3.63, 3.8) is 0 Å². The van der Waals surface area contributed by atoms with Gasteiger partial charge in [-0.15, -0.1) is 0 Å². The first kappa shape index (κ1) is 14.0. The van der Waals surface area contributed by atoms with Crippen molar-refractivity contribution in [2.45, 2.75) is 53.9 Å². The third kappa shape index (κ3) is 4.99. The maximum absolute atomic E-state index is 9.11. The third-order valence-electron chi connectivity index (χ3n) is 3.75. The molecule has 0 saturated heterocycles. The van der Waals surface area contributed by atoms with Crippen LogP contribution in [0.2, 0.25) is 0 Å². The second-order valence-electron chi connectivity index (χ2n) is 5.13. The number of hydrogen-bond donors (Lipinski definition) is 1. The standard InChI is InChI=1S/C13H28O/c1-6-13(12(5)9-14)8-7-11(4)10(2)3/h10-14H,6-9H2,1-5H3. The lowest BCUT2D eigenvalue weighted by molar-refractivity contribution is 0.171. The quantitative estimate of drug-likeness (QED) is 0.664. The minimum atomic E-state index is 0.342. The molecule has 3 unspecified atom stereocenters. The first-order valence-electron chi connectivity index (χ1n) is 6.13. The largest absolute Gasteiger partial charge is 0.396 e. The molecule has 0 amide bonds. The Morgan fingerprint density at radius 2 is 1.50 bits per heavy atom. The van der Waals surface area contributed by atoms with Crippen molar-refractivity contribution < 1.29 is 5.11 Å². The Hall–Kier alpha value is -0.0400. The molecule has 0 aliphatic rings. The second-order valence-corrected chi connectivity index (χ2v) is 5.13. The van der Waals surface area contributed by atoms with Gasteiger partial charge in [-0.2, -0.15) is 0 Å². The zero-order chi connectivity index (χ0) is 11.1. The summed E-state index contributed by atoms with van der Waals surface area (Å²) in [5.41, 5.74) is 0.